The first-order valence-corrected chi connectivity index (χ1v) is 10.9. The van der Waals surface area contributed by atoms with Gasteiger partial charge in [0.15, 0.2) is 0 Å². The summed E-state index contributed by atoms with van der Waals surface area (Å²) in [6, 6.07) is 10.2. The number of anilines is 1. The van der Waals surface area contributed by atoms with Crippen LogP contribution < -0.4 is 11.1 Å². The third-order valence-corrected chi connectivity index (χ3v) is 7.68. The van der Waals surface area contributed by atoms with Gasteiger partial charge >= 0.3 is 0 Å². The third kappa shape index (κ3) is 4.74. The lowest BCUT2D eigenvalue weighted by Gasteiger charge is -2.30. The topological polar surface area (TPSA) is 110 Å². The zero-order chi connectivity index (χ0) is 19.4. The van der Waals surface area contributed by atoms with Crippen molar-refractivity contribution in [3.63, 3.8) is 0 Å². The summed E-state index contributed by atoms with van der Waals surface area (Å²) < 4.78 is 27.0. The fraction of sp³-hybridized carbons (Fsp3) is 0.333. The maximum absolute atomic E-state index is 12.7. The van der Waals surface area contributed by atoms with Crippen LogP contribution in [0.4, 0.5) is 5.69 Å². The number of carbonyl (C=O) groups excluding carboxylic acids is 2. The molecule has 144 valence electrons. The normalized spacial score (nSPS) is 18.1. The van der Waals surface area contributed by atoms with E-state index in [2.05, 4.69) is 5.32 Å². The summed E-state index contributed by atoms with van der Waals surface area (Å²) in [4.78, 5) is 23.5. The van der Waals surface area contributed by atoms with Crippen LogP contribution in [0, 0.1) is 5.92 Å². The summed E-state index contributed by atoms with van der Waals surface area (Å²) in [5.41, 5.74) is 6.54. The summed E-state index contributed by atoms with van der Waals surface area (Å²) in [6.07, 6.45) is 1.43. The molecule has 7 nitrogen and oxygen atoms in total. The van der Waals surface area contributed by atoms with Crippen LogP contribution >= 0.6 is 11.3 Å². The Morgan fingerprint density at radius 1 is 1.22 bits per heavy atom. The van der Waals surface area contributed by atoms with Gasteiger partial charge in [0, 0.05) is 18.8 Å². The maximum Gasteiger partial charge on any atom is 0.252 e. The van der Waals surface area contributed by atoms with Crippen molar-refractivity contribution in [1.82, 2.24) is 4.31 Å². The molecule has 1 aliphatic rings. The number of sulfonamides is 1. The van der Waals surface area contributed by atoms with Gasteiger partial charge in [-0.2, -0.15) is 4.31 Å². The van der Waals surface area contributed by atoms with Crippen molar-refractivity contribution >= 4 is 38.9 Å². The van der Waals surface area contributed by atoms with Crippen LogP contribution in [0.15, 0.2) is 46.0 Å². The van der Waals surface area contributed by atoms with Gasteiger partial charge in [0.05, 0.1) is 12.3 Å². The first kappa shape index (κ1) is 19.5. The number of nitrogens with zero attached hydrogens (tertiary/aromatic N) is 1. The van der Waals surface area contributed by atoms with Crippen LogP contribution in [0.5, 0.6) is 0 Å². The molecule has 1 aromatic carbocycles. The van der Waals surface area contributed by atoms with Gasteiger partial charge in [0.2, 0.25) is 11.8 Å². The number of hydrogen-bond donors (Lipinski definition) is 2. The van der Waals surface area contributed by atoms with Crippen molar-refractivity contribution in [2.45, 2.75) is 23.5 Å². The Bertz CT molecular complexity index is 909. The van der Waals surface area contributed by atoms with Crippen molar-refractivity contribution in [1.29, 1.82) is 0 Å². The monoisotopic (exact) mass is 407 g/mol. The minimum Gasteiger partial charge on any atom is -0.369 e. The fourth-order valence-corrected chi connectivity index (χ4v) is 5.73. The number of nitrogens with two attached hydrogens (primary N) is 1. The van der Waals surface area contributed by atoms with Crippen LogP contribution in [0.1, 0.15) is 18.4 Å². The Morgan fingerprint density at radius 3 is 2.59 bits per heavy atom. The van der Waals surface area contributed by atoms with E-state index in [0.717, 1.165) is 5.56 Å². The SMILES string of the molecule is NC(=O)Cc1ccc(NC(=O)C2CCCN(S(=O)(=O)c3cccs3)C2)cc1. The van der Waals surface area contributed by atoms with Gasteiger partial charge in [-0.15, -0.1) is 11.3 Å². The Kier molecular flexibility index (Phi) is 5.93. The molecule has 0 bridgehead atoms. The van der Waals surface area contributed by atoms with Gasteiger partial charge < -0.3 is 11.1 Å². The van der Waals surface area contributed by atoms with E-state index < -0.39 is 21.8 Å². The molecule has 2 heterocycles. The number of carbonyl (C=O) groups is 2. The van der Waals surface area contributed by atoms with Crippen LogP contribution in [-0.2, 0) is 26.0 Å². The van der Waals surface area contributed by atoms with E-state index in [-0.39, 0.29) is 18.9 Å². The number of rotatable bonds is 6. The molecule has 1 aromatic heterocycles. The third-order valence-electron chi connectivity index (χ3n) is 4.44. The molecule has 1 fully saturated rings. The minimum atomic E-state index is -3.55. The van der Waals surface area contributed by atoms with E-state index in [1.165, 1.54) is 15.6 Å². The van der Waals surface area contributed by atoms with Gasteiger partial charge in [-0.25, -0.2) is 8.42 Å². The quantitative estimate of drug-likeness (QED) is 0.761. The summed E-state index contributed by atoms with van der Waals surface area (Å²) in [6.45, 7) is 0.595. The lowest BCUT2D eigenvalue weighted by Crippen LogP contribution is -2.43. The van der Waals surface area contributed by atoms with Crippen molar-refractivity contribution in [3.05, 3.63) is 47.3 Å². The first-order valence-electron chi connectivity index (χ1n) is 8.58. The number of piperidine rings is 1. The van der Waals surface area contributed by atoms with Gasteiger partial charge in [0.1, 0.15) is 4.21 Å². The molecule has 1 atom stereocenters. The molecule has 1 saturated heterocycles. The summed E-state index contributed by atoms with van der Waals surface area (Å²) in [5, 5.41) is 4.55. The van der Waals surface area contributed by atoms with Crippen LogP contribution in [-0.4, -0.2) is 37.6 Å². The molecule has 1 aliphatic heterocycles. The van der Waals surface area contributed by atoms with E-state index in [1.54, 1.807) is 41.8 Å². The first-order chi connectivity index (χ1) is 12.9. The van der Waals surface area contributed by atoms with Crippen molar-refractivity contribution in [2.75, 3.05) is 18.4 Å². The molecule has 0 radical (unpaired) electrons. The van der Waals surface area contributed by atoms with Crippen LogP contribution in [0.2, 0.25) is 0 Å². The summed E-state index contributed by atoms with van der Waals surface area (Å²) in [7, 11) is -3.55. The predicted molar refractivity (Wildman–Crippen MR) is 104 cm³/mol. The highest BCUT2D eigenvalue weighted by Crippen LogP contribution is 2.27. The number of primary amides is 1. The number of thiophene rings is 1. The molecule has 1 unspecified atom stereocenters. The molecule has 0 spiro atoms. The molecule has 0 saturated carbocycles. The van der Waals surface area contributed by atoms with Gasteiger partial charge in [-0.1, -0.05) is 18.2 Å². The second kappa shape index (κ2) is 8.20. The number of hydrogen-bond acceptors (Lipinski definition) is 5. The molecule has 0 aliphatic carbocycles. The van der Waals surface area contributed by atoms with Gasteiger partial charge in [0.25, 0.3) is 10.0 Å². The molecule has 2 amide bonds. The van der Waals surface area contributed by atoms with Gasteiger partial charge in [-0.05, 0) is 42.0 Å². The molecular formula is C18H21N3O4S2. The molecule has 3 N–H and O–H groups in total. The second-order valence-corrected chi connectivity index (χ2v) is 9.58. The largest absolute Gasteiger partial charge is 0.369 e. The Labute approximate surface area is 162 Å². The Balaban J connectivity index is 1.64. The highest BCUT2D eigenvalue weighted by molar-refractivity contribution is 7.91. The van der Waals surface area contributed by atoms with E-state index in [9.17, 15) is 18.0 Å². The lowest BCUT2D eigenvalue weighted by molar-refractivity contribution is -0.121. The smallest absolute Gasteiger partial charge is 0.252 e. The maximum atomic E-state index is 12.7. The van der Waals surface area contributed by atoms with Crippen LogP contribution in [0.25, 0.3) is 0 Å². The Hall–Kier alpha value is -2.23. The van der Waals surface area contributed by atoms with E-state index in [4.69, 9.17) is 5.73 Å². The number of benzene rings is 1. The van der Waals surface area contributed by atoms with Gasteiger partial charge in [-0.3, -0.25) is 9.59 Å². The highest BCUT2D eigenvalue weighted by atomic mass is 32.2. The molecule has 9 heteroatoms. The summed E-state index contributed by atoms with van der Waals surface area (Å²) in [5.74, 6) is -1.02. The molecule has 27 heavy (non-hydrogen) atoms. The average molecular weight is 408 g/mol. The van der Waals surface area contributed by atoms with E-state index in [1.807, 2.05) is 0 Å². The van der Waals surface area contributed by atoms with E-state index in [0.29, 0.717) is 29.3 Å². The molecule has 3 rings (SSSR count). The minimum absolute atomic E-state index is 0.145. The highest BCUT2D eigenvalue weighted by Gasteiger charge is 2.33. The van der Waals surface area contributed by atoms with Crippen LogP contribution in [0.3, 0.4) is 0 Å². The fourth-order valence-electron chi connectivity index (χ4n) is 3.06. The number of nitrogens with one attached hydrogen (secondary N) is 1. The van der Waals surface area contributed by atoms with E-state index >= 15 is 0 Å². The molecular weight excluding hydrogens is 386 g/mol. The zero-order valence-electron chi connectivity index (χ0n) is 14.6. The number of amides is 2. The van der Waals surface area contributed by atoms with Crippen molar-refractivity contribution in [3.8, 4) is 0 Å². The Morgan fingerprint density at radius 2 is 1.96 bits per heavy atom. The standard InChI is InChI=1S/C18H21N3O4S2/c19-16(22)11-13-5-7-15(8-6-13)20-18(23)14-3-1-9-21(12-14)27(24,25)17-4-2-10-26-17/h2,4-8,10,14H,1,3,9,11-12H2,(H2,19,22)(H,20,23). The zero-order valence-corrected chi connectivity index (χ0v) is 16.3. The van der Waals surface area contributed by atoms with Crippen molar-refractivity contribution in [2.24, 2.45) is 11.7 Å². The summed E-state index contributed by atoms with van der Waals surface area (Å²) >= 11 is 1.18. The van der Waals surface area contributed by atoms with Crippen molar-refractivity contribution < 1.29 is 18.0 Å². The average Bonchev–Trinajstić information content (AvgIpc) is 3.18. The lowest BCUT2D eigenvalue weighted by atomic mass is 9.98. The second-order valence-electron chi connectivity index (χ2n) is 6.46. The molecule has 2 aromatic rings. The predicted octanol–water partition coefficient (Wildman–Crippen LogP) is 1.82.